The van der Waals surface area contributed by atoms with Crippen LogP contribution in [0, 0.1) is 11.6 Å². The monoisotopic (exact) mass is 304 g/mol. The Bertz CT molecular complexity index is 603. The van der Waals surface area contributed by atoms with Crippen LogP contribution in [0.15, 0.2) is 42.5 Å². The second-order valence-corrected chi connectivity index (χ2v) is 4.42. The molecule has 20 heavy (non-hydrogen) atoms. The molecule has 2 rings (SSSR count). The van der Waals surface area contributed by atoms with Crippen molar-refractivity contribution in [1.82, 2.24) is 0 Å². The Hall–Kier alpha value is -1.75. The number of alkyl halides is 3. The molecule has 0 fully saturated rings. The molecular weight excluding hydrogens is 296 g/mol. The van der Waals surface area contributed by atoms with Gasteiger partial charge in [-0.3, -0.25) is 0 Å². The lowest BCUT2D eigenvalue weighted by Crippen LogP contribution is -2.03. The maximum atomic E-state index is 13.6. The molecule has 2 aromatic rings. The number of hydrogen-bond donors (Lipinski definition) is 0. The topological polar surface area (TPSA) is 9.23 Å². The highest BCUT2D eigenvalue weighted by molar-refractivity contribution is 6.22. The summed E-state index contributed by atoms with van der Waals surface area (Å²) < 4.78 is 55.0. The second kappa shape index (κ2) is 6.13. The third-order valence-corrected chi connectivity index (χ3v) is 3.10. The summed E-state index contributed by atoms with van der Waals surface area (Å²) in [4.78, 5) is 0. The van der Waals surface area contributed by atoms with Crippen LogP contribution in [-0.2, 0) is 0 Å². The predicted molar refractivity (Wildman–Crippen MR) is 67.1 cm³/mol. The fraction of sp³-hybridized carbons (Fsp3) is 0.143. The maximum Gasteiger partial charge on any atom is 0.387 e. The Morgan fingerprint density at radius 1 is 1.00 bits per heavy atom. The van der Waals surface area contributed by atoms with Gasteiger partial charge in [0.15, 0.2) is 0 Å². The quantitative estimate of drug-likeness (QED) is 0.577. The van der Waals surface area contributed by atoms with Crippen LogP contribution in [0.1, 0.15) is 16.5 Å². The van der Waals surface area contributed by atoms with E-state index in [9.17, 15) is 17.6 Å². The minimum Gasteiger partial charge on any atom is -0.435 e. The van der Waals surface area contributed by atoms with Gasteiger partial charge in [0.2, 0.25) is 0 Å². The lowest BCUT2D eigenvalue weighted by atomic mass is 10.0. The van der Waals surface area contributed by atoms with Crippen molar-refractivity contribution >= 4 is 11.6 Å². The maximum absolute atomic E-state index is 13.6. The van der Waals surface area contributed by atoms with Crippen molar-refractivity contribution in [2.45, 2.75) is 12.0 Å². The molecule has 6 heteroatoms. The first kappa shape index (κ1) is 14.7. The molecule has 0 saturated carbocycles. The zero-order chi connectivity index (χ0) is 14.7. The van der Waals surface area contributed by atoms with E-state index < -0.39 is 23.6 Å². The van der Waals surface area contributed by atoms with Crippen molar-refractivity contribution in [3.05, 3.63) is 65.2 Å². The standard InChI is InChI=1S/C14H9ClF4O/c15-13(11-5-4-9(16)7-12(11)17)8-2-1-3-10(6-8)20-14(18)19/h1-7,13-14H. The third-order valence-electron chi connectivity index (χ3n) is 2.61. The van der Waals surface area contributed by atoms with Crippen LogP contribution < -0.4 is 4.74 Å². The number of halogens is 5. The molecule has 0 radical (unpaired) electrons. The molecule has 0 aliphatic heterocycles. The van der Waals surface area contributed by atoms with Crippen molar-refractivity contribution < 1.29 is 22.3 Å². The average molecular weight is 305 g/mol. The summed E-state index contributed by atoms with van der Waals surface area (Å²) >= 11 is 6.09. The highest BCUT2D eigenvalue weighted by atomic mass is 35.5. The molecule has 0 heterocycles. The zero-order valence-electron chi connectivity index (χ0n) is 9.99. The van der Waals surface area contributed by atoms with Gasteiger partial charge in [-0.15, -0.1) is 11.6 Å². The number of rotatable bonds is 4. The Kier molecular flexibility index (Phi) is 4.49. The first-order chi connectivity index (χ1) is 9.47. The van der Waals surface area contributed by atoms with Gasteiger partial charge in [-0.2, -0.15) is 8.78 Å². The summed E-state index contributed by atoms with van der Waals surface area (Å²) in [6.45, 7) is -2.96. The van der Waals surface area contributed by atoms with Gasteiger partial charge in [-0.1, -0.05) is 18.2 Å². The molecule has 0 amide bonds. The molecule has 0 saturated heterocycles. The Balaban J connectivity index is 2.30. The first-order valence-electron chi connectivity index (χ1n) is 5.61. The van der Waals surface area contributed by atoms with E-state index in [1.165, 1.54) is 24.3 Å². The van der Waals surface area contributed by atoms with Crippen LogP contribution >= 0.6 is 11.6 Å². The average Bonchev–Trinajstić information content (AvgIpc) is 2.37. The van der Waals surface area contributed by atoms with E-state index >= 15 is 0 Å². The van der Waals surface area contributed by atoms with Crippen molar-refractivity contribution in [3.8, 4) is 5.75 Å². The Morgan fingerprint density at radius 2 is 1.75 bits per heavy atom. The highest BCUT2D eigenvalue weighted by Crippen LogP contribution is 2.32. The van der Waals surface area contributed by atoms with Crippen LogP contribution in [0.2, 0.25) is 0 Å². The van der Waals surface area contributed by atoms with Gasteiger partial charge >= 0.3 is 6.61 Å². The zero-order valence-corrected chi connectivity index (χ0v) is 10.8. The van der Waals surface area contributed by atoms with Gasteiger partial charge in [-0.05, 0) is 23.8 Å². The van der Waals surface area contributed by atoms with Gasteiger partial charge in [-0.25, -0.2) is 8.78 Å². The Morgan fingerprint density at radius 3 is 2.40 bits per heavy atom. The molecular formula is C14H9ClF4O. The SMILES string of the molecule is Fc1ccc(C(Cl)c2cccc(OC(F)F)c2)c(F)c1. The smallest absolute Gasteiger partial charge is 0.387 e. The summed E-state index contributed by atoms with van der Waals surface area (Å²) in [5, 5.41) is -0.933. The molecule has 1 atom stereocenters. The minimum atomic E-state index is -2.96. The lowest BCUT2D eigenvalue weighted by molar-refractivity contribution is -0.0498. The minimum absolute atomic E-state index is 0.0577. The van der Waals surface area contributed by atoms with Crippen LogP contribution in [0.3, 0.4) is 0 Å². The third kappa shape index (κ3) is 3.42. The lowest BCUT2D eigenvalue weighted by Gasteiger charge is -2.13. The normalized spacial score (nSPS) is 12.5. The van der Waals surface area contributed by atoms with Gasteiger partial charge < -0.3 is 4.74 Å². The van der Waals surface area contributed by atoms with E-state index in [2.05, 4.69) is 4.74 Å². The molecule has 106 valence electrons. The van der Waals surface area contributed by atoms with E-state index in [0.29, 0.717) is 11.6 Å². The molecule has 2 aromatic carbocycles. The second-order valence-electron chi connectivity index (χ2n) is 3.98. The van der Waals surface area contributed by atoms with E-state index in [0.717, 1.165) is 6.07 Å². The predicted octanol–water partition coefficient (Wildman–Crippen LogP) is 4.89. The molecule has 0 bridgehead atoms. The summed E-state index contributed by atoms with van der Waals surface area (Å²) in [7, 11) is 0. The van der Waals surface area contributed by atoms with Crippen LogP contribution in [0.4, 0.5) is 17.6 Å². The van der Waals surface area contributed by atoms with E-state index in [1.54, 1.807) is 6.07 Å². The summed E-state index contributed by atoms with van der Waals surface area (Å²) in [5.74, 6) is -1.60. The summed E-state index contributed by atoms with van der Waals surface area (Å²) in [5.41, 5.74) is 0.428. The molecule has 0 N–H and O–H groups in total. The Labute approximate surface area is 117 Å². The first-order valence-corrected chi connectivity index (χ1v) is 6.05. The van der Waals surface area contributed by atoms with Crippen molar-refractivity contribution in [1.29, 1.82) is 0 Å². The fourth-order valence-corrected chi connectivity index (χ4v) is 2.05. The molecule has 0 aliphatic rings. The van der Waals surface area contributed by atoms with E-state index in [1.807, 2.05) is 0 Å². The molecule has 1 nitrogen and oxygen atoms in total. The number of benzene rings is 2. The van der Waals surface area contributed by atoms with Crippen LogP contribution in [0.25, 0.3) is 0 Å². The molecule has 0 spiro atoms. The largest absolute Gasteiger partial charge is 0.435 e. The van der Waals surface area contributed by atoms with Crippen LogP contribution in [-0.4, -0.2) is 6.61 Å². The molecule has 0 aromatic heterocycles. The number of hydrogen-bond acceptors (Lipinski definition) is 1. The van der Waals surface area contributed by atoms with Gasteiger partial charge in [0, 0.05) is 11.6 Å². The summed E-state index contributed by atoms with van der Waals surface area (Å²) in [6, 6.07) is 8.62. The van der Waals surface area contributed by atoms with E-state index in [4.69, 9.17) is 11.6 Å². The van der Waals surface area contributed by atoms with Crippen LogP contribution in [0.5, 0.6) is 5.75 Å². The molecule has 0 aliphatic carbocycles. The van der Waals surface area contributed by atoms with Crippen molar-refractivity contribution in [2.24, 2.45) is 0 Å². The van der Waals surface area contributed by atoms with E-state index in [-0.39, 0.29) is 11.3 Å². The van der Waals surface area contributed by atoms with Gasteiger partial charge in [0.1, 0.15) is 17.4 Å². The molecule has 1 unspecified atom stereocenters. The van der Waals surface area contributed by atoms with Gasteiger partial charge in [0.25, 0.3) is 0 Å². The fourth-order valence-electron chi connectivity index (χ4n) is 1.73. The number of ether oxygens (including phenoxy) is 1. The van der Waals surface area contributed by atoms with Gasteiger partial charge in [0.05, 0.1) is 5.38 Å². The van der Waals surface area contributed by atoms with Crippen molar-refractivity contribution in [2.75, 3.05) is 0 Å². The highest BCUT2D eigenvalue weighted by Gasteiger charge is 2.17. The van der Waals surface area contributed by atoms with Crippen molar-refractivity contribution in [3.63, 3.8) is 0 Å². The summed E-state index contributed by atoms with van der Waals surface area (Å²) in [6.07, 6.45) is 0.